The van der Waals surface area contributed by atoms with Crippen LogP contribution in [0.5, 0.6) is 0 Å². The van der Waals surface area contributed by atoms with Crippen LogP contribution in [-0.2, 0) is 14.8 Å². The fourth-order valence-electron chi connectivity index (χ4n) is 3.20. The largest absolute Gasteiger partial charge is 0.389 e. The molecule has 5 nitrogen and oxygen atoms in total. The molecule has 1 radical (unpaired) electrons. The molecule has 0 fully saturated rings. The zero-order valence-corrected chi connectivity index (χ0v) is 17.2. The lowest BCUT2D eigenvalue weighted by molar-refractivity contribution is -0.136. The van der Waals surface area contributed by atoms with Crippen molar-refractivity contribution in [2.75, 3.05) is 13.1 Å². The summed E-state index contributed by atoms with van der Waals surface area (Å²) in [5, 5.41) is 4.23. The first-order valence-corrected chi connectivity index (χ1v) is 10.4. The fourth-order valence-corrected chi connectivity index (χ4v) is 5.68. The molecular formula is C18H21ClF3N2O3S. The fraction of sp³-hybridized carbons (Fsp3) is 0.500. The molecule has 28 heavy (non-hydrogen) atoms. The summed E-state index contributed by atoms with van der Waals surface area (Å²) in [4.78, 5) is 11.3. The number of rotatable bonds is 6. The highest BCUT2D eigenvalue weighted by Crippen LogP contribution is 2.45. The Labute approximate surface area is 167 Å². The topological polar surface area (TPSA) is 68.5 Å². The summed E-state index contributed by atoms with van der Waals surface area (Å²) in [6.45, 7) is 4.00. The van der Waals surface area contributed by atoms with Crippen LogP contribution in [0, 0.1) is 0 Å². The summed E-state index contributed by atoms with van der Waals surface area (Å²) < 4.78 is 65.1. The number of hydrogen-bond donors (Lipinski definition) is 0. The first-order chi connectivity index (χ1) is 12.8. The van der Waals surface area contributed by atoms with E-state index in [4.69, 9.17) is 11.6 Å². The molecule has 1 aromatic carbocycles. The minimum Gasteiger partial charge on any atom is -0.273 e. The van der Waals surface area contributed by atoms with Crippen LogP contribution in [0.4, 0.5) is 13.2 Å². The van der Waals surface area contributed by atoms with Gasteiger partial charge in [-0.15, -0.1) is 0 Å². The highest BCUT2D eigenvalue weighted by atomic mass is 35.5. The van der Waals surface area contributed by atoms with E-state index in [9.17, 15) is 26.4 Å². The van der Waals surface area contributed by atoms with Crippen molar-refractivity contribution >= 4 is 32.4 Å². The summed E-state index contributed by atoms with van der Waals surface area (Å²) in [6.07, 6.45) is -5.82. The first-order valence-electron chi connectivity index (χ1n) is 8.54. The molecule has 0 aromatic heterocycles. The van der Waals surface area contributed by atoms with Gasteiger partial charge >= 0.3 is 6.18 Å². The van der Waals surface area contributed by atoms with Gasteiger partial charge in [0.2, 0.25) is 15.9 Å². The Morgan fingerprint density at radius 1 is 1.21 bits per heavy atom. The summed E-state index contributed by atoms with van der Waals surface area (Å²) in [5.41, 5.74) is -0.417. The van der Waals surface area contributed by atoms with Gasteiger partial charge in [0.25, 0.3) is 0 Å². The van der Waals surface area contributed by atoms with E-state index in [2.05, 4.69) is 5.32 Å². The molecule has 0 saturated carbocycles. The number of halogens is 4. The molecule has 1 aliphatic rings. The van der Waals surface area contributed by atoms with Gasteiger partial charge in [-0.3, -0.25) is 4.79 Å². The van der Waals surface area contributed by atoms with E-state index < -0.39 is 34.1 Å². The summed E-state index contributed by atoms with van der Waals surface area (Å²) in [7, 11) is -4.08. The Balaban J connectivity index is 2.49. The first kappa shape index (κ1) is 22.7. The van der Waals surface area contributed by atoms with Gasteiger partial charge < -0.3 is 0 Å². The smallest absolute Gasteiger partial charge is 0.273 e. The van der Waals surface area contributed by atoms with Gasteiger partial charge in [0.05, 0.1) is 17.0 Å². The standard InChI is InChI=1S/C18H21ClF3N2O3S/c1-12(25)23-11-15-16(13-5-7-14(19)8-6-13)28(26,27)24(17(15,2)3)10-4-9-18(20,21)22/h5-8H,4,9-11H2,1-3H3. The SMILES string of the molecule is CC(=O)[N]CC1=C(c2ccc(Cl)cc2)S(=O)(=O)N(CCCC(F)(F)F)C1(C)C. The number of sulfonamides is 1. The van der Waals surface area contributed by atoms with Gasteiger partial charge in [-0.25, -0.2) is 13.7 Å². The molecule has 1 aromatic rings. The second kappa shape index (κ2) is 8.04. The Morgan fingerprint density at radius 3 is 2.29 bits per heavy atom. The molecular weight excluding hydrogens is 417 g/mol. The summed E-state index contributed by atoms with van der Waals surface area (Å²) in [5.74, 6) is -0.466. The molecule has 1 heterocycles. The summed E-state index contributed by atoms with van der Waals surface area (Å²) >= 11 is 5.88. The number of carbonyl (C=O) groups excluding carboxylic acids is 1. The lowest BCUT2D eigenvalue weighted by atomic mass is 9.91. The third-order valence-electron chi connectivity index (χ3n) is 4.57. The number of carbonyl (C=O) groups is 1. The Morgan fingerprint density at radius 2 is 1.79 bits per heavy atom. The van der Waals surface area contributed by atoms with Crippen molar-refractivity contribution in [2.45, 2.75) is 45.3 Å². The zero-order valence-electron chi connectivity index (χ0n) is 15.7. The quantitative estimate of drug-likeness (QED) is 0.676. The van der Waals surface area contributed by atoms with E-state index in [1.165, 1.54) is 31.2 Å². The third kappa shape index (κ3) is 4.87. The molecule has 0 atom stereocenters. The summed E-state index contributed by atoms with van der Waals surface area (Å²) in [6, 6.07) is 6.10. The van der Waals surface area contributed by atoms with Gasteiger partial charge in [0, 0.05) is 24.9 Å². The van der Waals surface area contributed by atoms with E-state index in [1.807, 2.05) is 0 Å². The number of amides is 1. The van der Waals surface area contributed by atoms with Crippen LogP contribution in [0.15, 0.2) is 29.8 Å². The molecule has 0 bridgehead atoms. The highest BCUT2D eigenvalue weighted by molar-refractivity contribution is 7.98. The van der Waals surface area contributed by atoms with E-state index in [0.717, 1.165) is 4.31 Å². The van der Waals surface area contributed by atoms with Crippen LogP contribution >= 0.6 is 11.6 Å². The predicted octanol–water partition coefficient (Wildman–Crippen LogP) is 3.97. The Hall–Kier alpha value is -1.58. The lowest BCUT2D eigenvalue weighted by Gasteiger charge is -2.32. The minimum atomic E-state index is -4.37. The van der Waals surface area contributed by atoms with Crippen molar-refractivity contribution < 1.29 is 26.4 Å². The van der Waals surface area contributed by atoms with E-state index in [1.54, 1.807) is 13.8 Å². The number of hydrogen-bond acceptors (Lipinski definition) is 3. The average molecular weight is 438 g/mol. The van der Waals surface area contributed by atoms with Crippen LogP contribution in [0.1, 0.15) is 39.2 Å². The van der Waals surface area contributed by atoms with Gasteiger partial charge in [-0.2, -0.15) is 17.5 Å². The molecule has 2 rings (SSSR count). The highest BCUT2D eigenvalue weighted by Gasteiger charge is 2.50. The molecule has 0 N–H and O–H groups in total. The van der Waals surface area contributed by atoms with E-state index in [-0.39, 0.29) is 24.4 Å². The molecule has 0 aliphatic carbocycles. The number of alkyl halides is 3. The van der Waals surface area contributed by atoms with E-state index >= 15 is 0 Å². The third-order valence-corrected chi connectivity index (χ3v) is 7.04. The van der Waals surface area contributed by atoms with Crippen LogP contribution < -0.4 is 5.32 Å². The second-order valence-corrected chi connectivity index (χ2v) is 9.24. The molecule has 1 aliphatic heterocycles. The van der Waals surface area contributed by atoms with Crippen molar-refractivity contribution in [3.8, 4) is 0 Å². The van der Waals surface area contributed by atoms with Crippen LogP contribution in [0.25, 0.3) is 4.91 Å². The monoisotopic (exact) mass is 437 g/mol. The van der Waals surface area contributed by atoms with Crippen molar-refractivity contribution in [3.05, 3.63) is 40.4 Å². The molecule has 1 amide bonds. The van der Waals surface area contributed by atoms with Crippen LogP contribution in [0.2, 0.25) is 5.02 Å². The maximum atomic E-state index is 13.2. The zero-order chi connectivity index (χ0) is 21.3. The lowest BCUT2D eigenvalue weighted by Crippen LogP contribution is -2.45. The average Bonchev–Trinajstić information content (AvgIpc) is 2.69. The minimum absolute atomic E-state index is 0.0359. The Kier molecular flexibility index (Phi) is 6.52. The van der Waals surface area contributed by atoms with Crippen molar-refractivity contribution in [3.63, 3.8) is 0 Å². The number of benzene rings is 1. The Bertz CT molecular complexity index is 878. The van der Waals surface area contributed by atoms with Crippen molar-refractivity contribution in [1.29, 1.82) is 0 Å². The molecule has 0 saturated heterocycles. The van der Waals surface area contributed by atoms with Gasteiger partial charge in [0.15, 0.2) is 0 Å². The molecule has 155 valence electrons. The molecule has 10 heteroatoms. The van der Waals surface area contributed by atoms with Crippen molar-refractivity contribution in [1.82, 2.24) is 9.62 Å². The predicted molar refractivity (Wildman–Crippen MR) is 101 cm³/mol. The van der Waals surface area contributed by atoms with E-state index in [0.29, 0.717) is 16.2 Å². The second-order valence-electron chi connectivity index (χ2n) is 7.00. The van der Waals surface area contributed by atoms with Gasteiger partial charge in [0.1, 0.15) is 0 Å². The van der Waals surface area contributed by atoms with Gasteiger partial charge in [-0.05, 0) is 43.5 Å². The number of nitrogens with zero attached hydrogens (tertiary/aromatic N) is 2. The van der Waals surface area contributed by atoms with Crippen LogP contribution in [0.3, 0.4) is 0 Å². The maximum absolute atomic E-state index is 13.2. The maximum Gasteiger partial charge on any atom is 0.389 e. The molecule has 0 unspecified atom stereocenters. The van der Waals surface area contributed by atoms with Gasteiger partial charge in [-0.1, -0.05) is 23.7 Å². The van der Waals surface area contributed by atoms with Crippen molar-refractivity contribution in [2.24, 2.45) is 0 Å². The molecule has 0 spiro atoms. The van der Waals surface area contributed by atoms with Crippen LogP contribution in [-0.4, -0.2) is 43.4 Å². The normalized spacial score (nSPS) is 19.1.